The third-order valence-electron chi connectivity index (χ3n) is 1.99. The minimum absolute atomic E-state index is 0.170. The molecular formula is C9H11BrN4. The Morgan fingerprint density at radius 3 is 3.07 bits per heavy atom. The van der Waals surface area contributed by atoms with Crippen molar-refractivity contribution in [2.24, 2.45) is 5.73 Å². The van der Waals surface area contributed by atoms with Crippen LogP contribution in [0, 0.1) is 0 Å². The van der Waals surface area contributed by atoms with E-state index in [-0.39, 0.29) is 6.04 Å². The number of pyridine rings is 1. The first-order valence-corrected chi connectivity index (χ1v) is 5.21. The Kier molecular flexibility index (Phi) is 2.52. The number of fused-ring (bicyclic) bond motifs is 1. The number of aromatic nitrogens is 3. The average Bonchev–Trinajstić information content (AvgIpc) is 2.46. The Bertz CT molecular complexity index is 449. The lowest BCUT2D eigenvalue weighted by molar-refractivity contribution is 0.737. The van der Waals surface area contributed by atoms with Crippen molar-refractivity contribution in [2.45, 2.75) is 19.4 Å². The quantitative estimate of drug-likeness (QED) is 0.882. The number of nitrogens with zero attached hydrogens (tertiary/aromatic N) is 3. The third-order valence-corrected chi connectivity index (χ3v) is 2.53. The molecule has 0 saturated heterocycles. The summed E-state index contributed by atoms with van der Waals surface area (Å²) in [5.74, 6) is 0. The summed E-state index contributed by atoms with van der Waals surface area (Å²) in [5.41, 5.74) is 7.75. The summed E-state index contributed by atoms with van der Waals surface area (Å²) in [6.45, 7) is 1.99. The molecule has 0 radical (unpaired) electrons. The van der Waals surface area contributed by atoms with Crippen LogP contribution in [0.4, 0.5) is 0 Å². The number of rotatable bonds is 2. The van der Waals surface area contributed by atoms with Crippen LogP contribution in [0.15, 0.2) is 23.1 Å². The molecule has 0 bridgehead atoms. The van der Waals surface area contributed by atoms with E-state index in [1.54, 1.807) is 0 Å². The van der Waals surface area contributed by atoms with Crippen molar-refractivity contribution in [3.8, 4) is 0 Å². The molecule has 1 atom stereocenters. The summed E-state index contributed by atoms with van der Waals surface area (Å²) < 4.78 is 2.60. The summed E-state index contributed by atoms with van der Waals surface area (Å²) >= 11 is 3.31. The van der Waals surface area contributed by atoms with Crippen LogP contribution in [0.5, 0.6) is 0 Å². The molecule has 0 aliphatic rings. The van der Waals surface area contributed by atoms with Crippen LogP contribution in [-0.2, 0) is 6.42 Å². The van der Waals surface area contributed by atoms with Gasteiger partial charge in [-0.3, -0.25) is 4.40 Å². The normalized spacial score (nSPS) is 13.4. The van der Waals surface area contributed by atoms with Crippen molar-refractivity contribution in [3.63, 3.8) is 0 Å². The SMILES string of the molecule is CC(N)Cc1ccn2c(Br)nnc2c1. The van der Waals surface area contributed by atoms with E-state index in [1.807, 2.05) is 29.7 Å². The van der Waals surface area contributed by atoms with Gasteiger partial charge in [0.15, 0.2) is 5.65 Å². The largest absolute Gasteiger partial charge is 0.328 e. The lowest BCUT2D eigenvalue weighted by atomic mass is 10.1. The minimum atomic E-state index is 0.170. The zero-order chi connectivity index (χ0) is 10.1. The summed E-state index contributed by atoms with van der Waals surface area (Å²) in [4.78, 5) is 0. The van der Waals surface area contributed by atoms with Crippen LogP contribution in [-0.4, -0.2) is 20.6 Å². The second kappa shape index (κ2) is 3.67. The summed E-state index contributed by atoms with van der Waals surface area (Å²) in [6, 6.07) is 4.20. The van der Waals surface area contributed by atoms with Crippen molar-refractivity contribution in [1.82, 2.24) is 14.6 Å². The van der Waals surface area contributed by atoms with Crippen LogP contribution >= 0.6 is 15.9 Å². The minimum Gasteiger partial charge on any atom is -0.328 e. The average molecular weight is 255 g/mol. The first-order chi connectivity index (χ1) is 6.66. The highest BCUT2D eigenvalue weighted by Gasteiger charge is 2.03. The molecule has 0 amide bonds. The molecule has 74 valence electrons. The lowest BCUT2D eigenvalue weighted by Crippen LogP contribution is -2.17. The van der Waals surface area contributed by atoms with Crippen LogP contribution in [0.3, 0.4) is 0 Å². The van der Waals surface area contributed by atoms with Crippen molar-refractivity contribution in [2.75, 3.05) is 0 Å². The molecule has 0 spiro atoms. The number of hydrogen-bond donors (Lipinski definition) is 1. The van der Waals surface area contributed by atoms with Crippen molar-refractivity contribution < 1.29 is 0 Å². The van der Waals surface area contributed by atoms with E-state index >= 15 is 0 Å². The Hall–Kier alpha value is -0.940. The van der Waals surface area contributed by atoms with E-state index in [9.17, 15) is 0 Å². The fraction of sp³-hybridized carbons (Fsp3) is 0.333. The van der Waals surface area contributed by atoms with Gasteiger partial charge in [-0.05, 0) is 47.0 Å². The highest BCUT2D eigenvalue weighted by molar-refractivity contribution is 9.10. The van der Waals surface area contributed by atoms with Crippen LogP contribution in [0.2, 0.25) is 0 Å². The van der Waals surface area contributed by atoms with E-state index in [0.717, 1.165) is 16.8 Å². The van der Waals surface area contributed by atoms with E-state index in [2.05, 4.69) is 26.1 Å². The molecule has 5 heteroatoms. The molecule has 14 heavy (non-hydrogen) atoms. The summed E-state index contributed by atoms with van der Waals surface area (Å²) in [5, 5.41) is 7.93. The monoisotopic (exact) mass is 254 g/mol. The molecule has 0 aromatic carbocycles. The van der Waals surface area contributed by atoms with Gasteiger partial charge in [0.25, 0.3) is 0 Å². The molecule has 4 nitrogen and oxygen atoms in total. The van der Waals surface area contributed by atoms with Crippen LogP contribution < -0.4 is 5.73 Å². The standard InChI is InChI=1S/C9H11BrN4/c1-6(11)4-7-2-3-14-8(5-7)12-13-9(14)10/h2-3,5-6H,4,11H2,1H3. The number of halogens is 1. The van der Waals surface area contributed by atoms with Crippen LogP contribution in [0.1, 0.15) is 12.5 Å². The van der Waals surface area contributed by atoms with Gasteiger partial charge in [-0.2, -0.15) is 0 Å². The molecule has 2 aromatic heterocycles. The zero-order valence-corrected chi connectivity index (χ0v) is 9.40. The topological polar surface area (TPSA) is 56.2 Å². The lowest BCUT2D eigenvalue weighted by Gasteiger charge is -2.04. The maximum atomic E-state index is 5.72. The second-order valence-electron chi connectivity index (χ2n) is 3.41. The fourth-order valence-electron chi connectivity index (χ4n) is 1.40. The first kappa shape index (κ1) is 9.61. The highest BCUT2D eigenvalue weighted by Crippen LogP contribution is 2.12. The maximum absolute atomic E-state index is 5.72. The van der Waals surface area contributed by atoms with Gasteiger partial charge in [0.05, 0.1) is 0 Å². The molecule has 2 heterocycles. The fourth-order valence-corrected chi connectivity index (χ4v) is 1.78. The maximum Gasteiger partial charge on any atom is 0.204 e. The van der Waals surface area contributed by atoms with E-state index in [4.69, 9.17) is 5.73 Å². The molecule has 2 N–H and O–H groups in total. The summed E-state index contributed by atoms with van der Waals surface area (Å²) in [6.07, 6.45) is 2.80. The van der Waals surface area contributed by atoms with E-state index in [1.165, 1.54) is 5.56 Å². The van der Waals surface area contributed by atoms with Gasteiger partial charge in [-0.1, -0.05) is 0 Å². The Labute approximate surface area is 90.3 Å². The number of nitrogens with two attached hydrogens (primary N) is 1. The Morgan fingerprint density at radius 1 is 1.57 bits per heavy atom. The predicted octanol–water partition coefficient (Wildman–Crippen LogP) is 1.38. The summed E-state index contributed by atoms with van der Waals surface area (Å²) in [7, 11) is 0. The van der Waals surface area contributed by atoms with Gasteiger partial charge < -0.3 is 5.73 Å². The van der Waals surface area contributed by atoms with Gasteiger partial charge in [0.2, 0.25) is 4.73 Å². The van der Waals surface area contributed by atoms with Crippen molar-refractivity contribution in [3.05, 3.63) is 28.6 Å². The predicted molar refractivity (Wildman–Crippen MR) is 58.0 cm³/mol. The third kappa shape index (κ3) is 1.78. The van der Waals surface area contributed by atoms with Crippen molar-refractivity contribution >= 4 is 21.6 Å². The molecule has 0 aliphatic heterocycles. The zero-order valence-electron chi connectivity index (χ0n) is 7.81. The second-order valence-corrected chi connectivity index (χ2v) is 4.12. The van der Waals surface area contributed by atoms with E-state index < -0.39 is 0 Å². The smallest absolute Gasteiger partial charge is 0.204 e. The van der Waals surface area contributed by atoms with Gasteiger partial charge >= 0.3 is 0 Å². The van der Waals surface area contributed by atoms with Crippen molar-refractivity contribution in [1.29, 1.82) is 0 Å². The van der Waals surface area contributed by atoms with Crippen LogP contribution in [0.25, 0.3) is 5.65 Å². The van der Waals surface area contributed by atoms with Gasteiger partial charge in [-0.25, -0.2) is 0 Å². The Balaban J connectivity index is 2.42. The van der Waals surface area contributed by atoms with E-state index in [0.29, 0.717) is 0 Å². The molecule has 1 unspecified atom stereocenters. The molecule has 0 aliphatic carbocycles. The highest BCUT2D eigenvalue weighted by atomic mass is 79.9. The molecule has 2 rings (SSSR count). The van der Waals surface area contributed by atoms with Gasteiger partial charge in [0.1, 0.15) is 0 Å². The first-order valence-electron chi connectivity index (χ1n) is 4.41. The molecular weight excluding hydrogens is 244 g/mol. The Morgan fingerprint density at radius 2 is 2.36 bits per heavy atom. The number of hydrogen-bond acceptors (Lipinski definition) is 3. The molecule has 0 fully saturated rings. The molecule has 2 aromatic rings. The van der Waals surface area contributed by atoms with Gasteiger partial charge in [0, 0.05) is 12.2 Å². The molecule has 0 saturated carbocycles. The van der Waals surface area contributed by atoms with Gasteiger partial charge in [-0.15, -0.1) is 10.2 Å².